The Hall–Kier alpha value is -1.60. The first-order valence-electron chi connectivity index (χ1n) is 8.56. The van der Waals surface area contributed by atoms with Crippen molar-refractivity contribution in [3.63, 3.8) is 0 Å². The van der Waals surface area contributed by atoms with Crippen molar-refractivity contribution >= 4 is 31.6 Å². The SMILES string of the molecule is Cc1nn(C(F)F)c(C)c1S(=O)(=O)N1CCN(S(=O)(=O)c2ccc(Cl)cc2)CC1. The summed E-state index contributed by atoms with van der Waals surface area (Å²) in [4.78, 5) is -0.213. The van der Waals surface area contributed by atoms with Gasteiger partial charge in [0.25, 0.3) is 0 Å². The molecule has 0 radical (unpaired) electrons. The van der Waals surface area contributed by atoms with Crippen molar-refractivity contribution < 1.29 is 25.6 Å². The predicted molar refractivity (Wildman–Crippen MR) is 102 cm³/mol. The highest BCUT2D eigenvalue weighted by Gasteiger charge is 2.37. The summed E-state index contributed by atoms with van der Waals surface area (Å²) in [7, 11) is -7.90. The van der Waals surface area contributed by atoms with Crippen molar-refractivity contribution in [1.82, 2.24) is 18.4 Å². The molecule has 0 amide bonds. The van der Waals surface area contributed by atoms with Crippen LogP contribution in [0, 0.1) is 13.8 Å². The van der Waals surface area contributed by atoms with Gasteiger partial charge in [-0.15, -0.1) is 0 Å². The third-order valence-corrected chi connectivity index (χ3v) is 9.01. The van der Waals surface area contributed by atoms with E-state index in [1.165, 1.54) is 42.4 Å². The van der Waals surface area contributed by atoms with Gasteiger partial charge >= 0.3 is 6.55 Å². The van der Waals surface area contributed by atoms with E-state index in [4.69, 9.17) is 11.6 Å². The number of piperazine rings is 1. The lowest BCUT2D eigenvalue weighted by molar-refractivity contribution is 0.0538. The average Bonchev–Trinajstić information content (AvgIpc) is 2.97. The molecule has 0 N–H and O–H groups in total. The van der Waals surface area contributed by atoms with Crippen LogP contribution in [0.15, 0.2) is 34.1 Å². The number of aromatic nitrogens is 2. The van der Waals surface area contributed by atoms with Gasteiger partial charge in [-0.05, 0) is 38.1 Å². The topological polar surface area (TPSA) is 92.6 Å². The van der Waals surface area contributed by atoms with E-state index in [2.05, 4.69) is 5.10 Å². The Labute approximate surface area is 172 Å². The van der Waals surface area contributed by atoms with Gasteiger partial charge < -0.3 is 0 Å². The number of halogens is 3. The Kier molecular flexibility index (Phi) is 6.03. The molecule has 29 heavy (non-hydrogen) atoms. The van der Waals surface area contributed by atoms with Crippen LogP contribution in [0.5, 0.6) is 0 Å². The summed E-state index contributed by atoms with van der Waals surface area (Å²) in [5.41, 5.74) is -0.187. The number of sulfonamides is 2. The standard InChI is InChI=1S/C16H19ClF2N4O4S2/c1-11-15(12(2)23(20-11)16(18)19)29(26,27)22-9-7-21(8-10-22)28(24,25)14-5-3-13(17)4-6-14/h3-6,16H,7-10H2,1-2H3. The van der Waals surface area contributed by atoms with Crippen molar-refractivity contribution in [1.29, 1.82) is 0 Å². The Morgan fingerprint density at radius 2 is 1.41 bits per heavy atom. The highest BCUT2D eigenvalue weighted by Crippen LogP contribution is 2.28. The van der Waals surface area contributed by atoms with E-state index < -0.39 is 26.6 Å². The van der Waals surface area contributed by atoms with Crippen molar-refractivity contribution in [2.75, 3.05) is 26.2 Å². The van der Waals surface area contributed by atoms with E-state index in [0.29, 0.717) is 9.70 Å². The van der Waals surface area contributed by atoms with Crippen LogP contribution in [0.25, 0.3) is 0 Å². The van der Waals surface area contributed by atoms with Crippen LogP contribution in [0.3, 0.4) is 0 Å². The van der Waals surface area contributed by atoms with Gasteiger partial charge in [-0.1, -0.05) is 11.6 Å². The Bertz CT molecular complexity index is 1110. The molecule has 1 fully saturated rings. The van der Waals surface area contributed by atoms with Gasteiger partial charge in [0.15, 0.2) is 0 Å². The van der Waals surface area contributed by atoms with Crippen molar-refractivity contribution in [2.45, 2.75) is 30.2 Å². The van der Waals surface area contributed by atoms with Gasteiger partial charge in [-0.2, -0.15) is 22.5 Å². The monoisotopic (exact) mass is 468 g/mol. The largest absolute Gasteiger partial charge is 0.333 e. The molecule has 0 unspecified atom stereocenters. The number of hydrogen-bond acceptors (Lipinski definition) is 5. The predicted octanol–water partition coefficient (Wildman–Crippen LogP) is 2.24. The lowest BCUT2D eigenvalue weighted by Gasteiger charge is -2.33. The highest BCUT2D eigenvalue weighted by molar-refractivity contribution is 7.89. The fraction of sp³-hybridized carbons (Fsp3) is 0.438. The van der Waals surface area contributed by atoms with Crippen LogP contribution in [0.4, 0.5) is 8.78 Å². The summed E-state index contributed by atoms with van der Waals surface area (Å²) >= 11 is 5.79. The minimum atomic E-state index is -4.10. The number of benzene rings is 1. The molecule has 1 aliphatic rings. The quantitative estimate of drug-likeness (QED) is 0.671. The summed E-state index contributed by atoms with van der Waals surface area (Å²) in [6.45, 7) is -0.683. The van der Waals surface area contributed by atoms with E-state index in [0.717, 1.165) is 4.31 Å². The first-order chi connectivity index (χ1) is 13.5. The van der Waals surface area contributed by atoms with E-state index in [9.17, 15) is 25.6 Å². The fourth-order valence-corrected chi connectivity index (χ4v) is 6.58. The second-order valence-corrected chi connectivity index (χ2v) is 10.7. The van der Waals surface area contributed by atoms with Gasteiger partial charge in [0, 0.05) is 31.2 Å². The van der Waals surface area contributed by atoms with Crippen LogP contribution >= 0.6 is 11.6 Å². The number of aryl methyl sites for hydroxylation is 1. The maximum atomic E-state index is 13.0. The third-order valence-electron chi connectivity index (χ3n) is 4.69. The summed E-state index contributed by atoms with van der Waals surface area (Å²) in [5, 5.41) is 4.01. The molecular weight excluding hydrogens is 450 g/mol. The van der Waals surface area contributed by atoms with Crippen LogP contribution in [0.1, 0.15) is 17.9 Å². The number of nitrogens with zero attached hydrogens (tertiary/aromatic N) is 4. The van der Waals surface area contributed by atoms with Gasteiger partial charge in [-0.3, -0.25) is 0 Å². The lowest BCUT2D eigenvalue weighted by Crippen LogP contribution is -2.50. The normalized spacial score (nSPS) is 17.2. The molecule has 0 aliphatic carbocycles. The minimum absolute atomic E-state index is 0.0287. The van der Waals surface area contributed by atoms with Gasteiger partial charge in [0.1, 0.15) is 4.90 Å². The molecule has 8 nitrogen and oxygen atoms in total. The fourth-order valence-electron chi connectivity index (χ4n) is 3.25. The molecule has 0 saturated carbocycles. The van der Waals surface area contributed by atoms with Crippen molar-refractivity contribution in [3.05, 3.63) is 40.7 Å². The average molecular weight is 469 g/mol. The van der Waals surface area contributed by atoms with E-state index >= 15 is 0 Å². The molecule has 0 atom stereocenters. The summed E-state index contributed by atoms with van der Waals surface area (Å²) < 4.78 is 80.1. The number of alkyl halides is 2. The molecule has 2 aromatic rings. The summed E-state index contributed by atoms with van der Waals surface area (Å²) in [5.74, 6) is 0. The van der Waals surface area contributed by atoms with Crippen molar-refractivity contribution in [3.8, 4) is 0 Å². The van der Waals surface area contributed by atoms with Gasteiger partial charge in [-0.25, -0.2) is 21.5 Å². The van der Waals surface area contributed by atoms with Crippen LogP contribution in [-0.4, -0.2) is 61.4 Å². The van der Waals surface area contributed by atoms with Crippen molar-refractivity contribution in [2.24, 2.45) is 0 Å². The van der Waals surface area contributed by atoms with Crippen LogP contribution in [0.2, 0.25) is 5.02 Å². The van der Waals surface area contributed by atoms with Gasteiger partial charge in [0.2, 0.25) is 20.0 Å². The van der Waals surface area contributed by atoms with E-state index in [-0.39, 0.29) is 47.4 Å². The molecule has 0 bridgehead atoms. The Morgan fingerprint density at radius 1 is 0.931 bits per heavy atom. The molecule has 2 heterocycles. The summed E-state index contributed by atoms with van der Waals surface area (Å²) in [6, 6.07) is 5.68. The zero-order valence-electron chi connectivity index (χ0n) is 15.6. The molecule has 1 saturated heterocycles. The first kappa shape index (κ1) is 22.1. The molecule has 1 aromatic carbocycles. The molecule has 3 rings (SSSR count). The Balaban J connectivity index is 1.81. The molecular formula is C16H19ClF2N4O4S2. The van der Waals surface area contributed by atoms with Gasteiger partial charge in [0.05, 0.1) is 16.3 Å². The molecule has 1 aromatic heterocycles. The maximum absolute atomic E-state index is 13.0. The number of hydrogen-bond donors (Lipinski definition) is 0. The van der Waals surface area contributed by atoms with Crippen LogP contribution in [-0.2, 0) is 20.0 Å². The minimum Gasteiger partial charge on any atom is -0.207 e. The summed E-state index contributed by atoms with van der Waals surface area (Å²) in [6.07, 6.45) is 0. The zero-order valence-corrected chi connectivity index (χ0v) is 18.0. The first-order valence-corrected chi connectivity index (χ1v) is 11.8. The highest BCUT2D eigenvalue weighted by atomic mass is 35.5. The number of rotatable bonds is 5. The van der Waals surface area contributed by atoms with E-state index in [1.54, 1.807) is 0 Å². The third kappa shape index (κ3) is 4.04. The molecule has 160 valence electrons. The van der Waals surface area contributed by atoms with E-state index in [1.807, 2.05) is 0 Å². The molecule has 13 heteroatoms. The second-order valence-electron chi connectivity index (χ2n) is 6.48. The lowest BCUT2D eigenvalue weighted by atomic mass is 10.4. The smallest absolute Gasteiger partial charge is 0.207 e. The molecule has 0 spiro atoms. The Morgan fingerprint density at radius 3 is 1.86 bits per heavy atom. The maximum Gasteiger partial charge on any atom is 0.333 e. The molecule has 1 aliphatic heterocycles. The second kappa shape index (κ2) is 7.91. The van der Waals surface area contributed by atoms with Crippen LogP contribution < -0.4 is 0 Å². The zero-order chi connectivity index (χ0) is 21.6.